The van der Waals surface area contributed by atoms with E-state index in [1.165, 1.54) is 0 Å². The molecule has 3 rings (SSSR count). The van der Waals surface area contributed by atoms with E-state index in [1.807, 2.05) is 24.3 Å². The van der Waals surface area contributed by atoms with E-state index in [0.29, 0.717) is 11.6 Å². The second-order valence-electron chi connectivity index (χ2n) is 4.84. The predicted octanol–water partition coefficient (Wildman–Crippen LogP) is 4.54. The van der Waals surface area contributed by atoms with Crippen molar-refractivity contribution < 1.29 is 8.42 Å². The predicted molar refractivity (Wildman–Crippen MR) is 94.7 cm³/mol. The zero-order chi connectivity index (χ0) is 15.7. The molecule has 7 heteroatoms. The summed E-state index contributed by atoms with van der Waals surface area (Å²) >= 11 is 10.9. The average molecular weight is 419 g/mol. The standard InChI is InChI=1S/C15H13BrClNO2S2/c16-12-3-1-11(2-4-12)15-18(9-10-21-15)22(19,20)14-7-5-13(17)6-8-14/h1-8,15H,9-10H2/t15-/m1/s1. The molecule has 0 aromatic heterocycles. The Kier molecular flexibility index (Phi) is 4.85. The van der Waals surface area contributed by atoms with Crippen LogP contribution in [0, 0.1) is 0 Å². The molecule has 116 valence electrons. The number of rotatable bonds is 3. The van der Waals surface area contributed by atoms with Crippen molar-refractivity contribution >= 4 is 49.3 Å². The van der Waals surface area contributed by atoms with E-state index in [-0.39, 0.29) is 10.3 Å². The van der Waals surface area contributed by atoms with Crippen molar-refractivity contribution in [3.8, 4) is 0 Å². The lowest BCUT2D eigenvalue weighted by Gasteiger charge is -2.23. The lowest BCUT2D eigenvalue weighted by molar-refractivity contribution is 0.434. The van der Waals surface area contributed by atoms with Crippen LogP contribution in [0.4, 0.5) is 0 Å². The van der Waals surface area contributed by atoms with E-state index in [0.717, 1.165) is 15.8 Å². The average Bonchev–Trinajstić information content (AvgIpc) is 2.99. The lowest BCUT2D eigenvalue weighted by atomic mass is 10.2. The first-order valence-corrected chi connectivity index (χ1v) is 10.3. The molecule has 0 unspecified atom stereocenters. The Labute approximate surface area is 147 Å². The molecular weight excluding hydrogens is 406 g/mol. The topological polar surface area (TPSA) is 37.4 Å². The molecule has 22 heavy (non-hydrogen) atoms. The first-order valence-electron chi connectivity index (χ1n) is 6.63. The van der Waals surface area contributed by atoms with Crippen molar-refractivity contribution in [3.63, 3.8) is 0 Å². The van der Waals surface area contributed by atoms with Gasteiger partial charge >= 0.3 is 0 Å². The molecule has 0 aliphatic carbocycles. The largest absolute Gasteiger partial charge is 0.244 e. The molecule has 1 atom stereocenters. The maximum atomic E-state index is 12.9. The van der Waals surface area contributed by atoms with Gasteiger partial charge in [0, 0.05) is 21.8 Å². The highest BCUT2D eigenvalue weighted by Gasteiger charge is 2.36. The number of thioether (sulfide) groups is 1. The van der Waals surface area contributed by atoms with Crippen molar-refractivity contribution in [2.45, 2.75) is 10.3 Å². The molecule has 0 N–H and O–H groups in total. The summed E-state index contributed by atoms with van der Waals surface area (Å²) in [5.41, 5.74) is 0.989. The molecule has 0 bridgehead atoms. The van der Waals surface area contributed by atoms with E-state index in [9.17, 15) is 8.42 Å². The summed E-state index contributed by atoms with van der Waals surface area (Å²) in [6.07, 6.45) is 0. The van der Waals surface area contributed by atoms with Crippen LogP contribution in [-0.2, 0) is 10.0 Å². The van der Waals surface area contributed by atoms with Gasteiger partial charge in [-0.3, -0.25) is 0 Å². The van der Waals surface area contributed by atoms with Crippen LogP contribution in [0.2, 0.25) is 5.02 Å². The van der Waals surface area contributed by atoms with Gasteiger partial charge in [-0.25, -0.2) is 8.42 Å². The first-order chi connectivity index (χ1) is 10.5. The highest BCUT2D eigenvalue weighted by atomic mass is 79.9. The monoisotopic (exact) mass is 417 g/mol. The van der Waals surface area contributed by atoms with E-state index < -0.39 is 10.0 Å². The van der Waals surface area contributed by atoms with Gasteiger partial charge in [0.1, 0.15) is 0 Å². The van der Waals surface area contributed by atoms with E-state index in [1.54, 1.807) is 40.3 Å². The van der Waals surface area contributed by atoms with Crippen molar-refractivity contribution in [1.29, 1.82) is 0 Å². The van der Waals surface area contributed by atoms with Gasteiger partial charge in [-0.2, -0.15) is 4.31 Å². The van der Waals surface area contributed by atoms with Crippen molar-refractivity contribution in [2.75, 3.05) is 12.3 Å². The van der Waals surface area contributed by atoms with Gasteiger partial charge in [-0.1, -0.05) is 39.7 Å². The minimum atomic E-state index is -3.52. The number of benzene rings is 2. The Balaban J connectivity index is 1.95. The van der Waals surface area contributed by atoms with Crippen molar-refractivity contribution in [2.24, 2.45) is 0 Å². The van der Waals surface area contributed by atoms with Gasteiger partial charge in [0.2, 0.25) is 10.0 Å². The molecule has 1 aliphatic heterocycles. The third kappa shape index (κ3) is 3.21. The number of hydrogen-bond acceptors (Lipinski definition) is 3. The van der Waals surface area contributed by atoms with Crippen LogP contribution in [-0.4, -0.2) is 25.0 Å². The van der Waals surface area contributed by atoms with Crippen LogP contribution in [0.1, 0.15) is 10.9 Å². The Morgan fingerprint density at radius 2 is 1.73 bits per heavy atom. The Hall–Kier alpha value is -0.530. The summed E-state index contributed by atoms with van der Waals surface area (Å²) in [7, 11) is -3.52. The number of sulfonamides is 1. The minimum Gasteiger partial charge on any atom is -0.207 e. The SMILES string of the molecule is O=S(=O)(c1ccc(Cl)cc1)N1CCS[C@@H]1c1ccc(Br)cc1. The summed E-state index contributed by atoms with van der Waals surface area (Å²) in [5.74, 6) is 0.785. The highest BCUT2D eigenvalue weighted by molar-refractivity contribution is 9.10. The Morgan fingerprint density at radius 3 is 2.36 bits per heavy atom. The Bertz CT molecular complexity index is 763. The summed E-state index contributed by atoms with van der Waals surface area (Å²) in [6, 6.07) is 14.1. The molecule has 1 aliphatic rings. The summed E-state index contributed by atoms with van der Waals surface area (Å²) in [5, 5.41) is 0.341. The fourth-order valence-corrected chi connectivity index (χ4v) is 5.96. The molecule has 3 nitrogen and oxygen atoms in total. The fraction of sp³-hybridized carbons (Fsp3) is 0.200. The summed E-state index contributed by atoms with van der Waals surface area (Å²) in [4.78, 5) is 0.279. The molecule has 2 aromatic rings. The molecule has 1 heterocycles. The van der Waals surface area contributed by atoms with E-state index >= 15 is 0 Å². The minimum absolute atomic E-state index is 0.186. The quantitative estimate of drug-likeness (QED) is 0.734. The van der Waals surface area contributed by atoms with Gasteiger partial charge in [0.15, 0.2) is 0 Å². The third-order valence-corrected chi connectivity index (χ3v) is 7.48. The number of hydrogen-bond donors (Lipinski definition) is 0. The molecule has 1 fully saturated rings. The van der Waals surface area contributed by atoms with E-state index in [2.05, 4.69) is 15.9 Å². The molecule has 0 amide bonds. The molecule has 0 spiro atoms. The van der Waals surface area contributed by atoms with Crippen LogP contribution in [0.3, 0.4) is 0 Å². The van der Waals surface area contributed by atoms with Gasteiger partial charge in [-0.15, -0.1) is 11.8 Å². The molecule has 1 saturated heterocycles. The van der Waals surface area contributed by atoms with Crippen LogP contribution in [0.15, 0.2) is 57.9 Å². The van der Waals surface area contributed by atoms with Gasteiger partial charge in [0.05, 0.1) is 10.3 Å². The third-order valence-electron chi connectivity index (χ3n) is 3.42. The fourth-order valence-electron chi connectivity index (χ4n) is 2.33. The maximum Gasteiger partial charge on any atom is 0.244 e. The van der Waals surface area contributed by atoms with Gasteiger partial charge < -0.3 is 0 Å². The molecule has 0 radical (unpaired) electrons. The summed E-state index contributed by atoms with van der Waals surface area (Å²) < 4.78 is 28.3. The number of halogens is 2. The van der Waals surface area contributed by atoms with E-state index in [4.69, 9.17) is 11.6 Å². The van der Waals surface area contributed by atoms with Gasteiger partial charge in [-0.05, 0) is 42.0 Å². The van der Waals surface area contributed by atoms with Crippen LogP contribution in [0.25, 0.3) is 0 Å². The van der Waals surface area contributed by atoms with Crippen LogP contribution in [0.5, 0.6) is 0 Å². The maximum absolute atomic E-state index is 12.9. The normalized spacial score (nSPS) is 19.5. The van der Waals surface area contributed by atoms with Crippen LogP contribution < -0.4 is 0 Å². The lowest BCUT2D eigenvalue weighted by Crippen LogP contribution is -2.30. The first kappa shape index (κ1) is 16.3. The second-order valence-corrected chi connectivity index (χ2v) is 9.28. The number of nitrogens with zero attached hydrogens (tertiary/aromatic N) is 1. The van der Waals surface area contributed by atoms with Crippen molar-refractivity contribution in [1.82, 2.24) is 4.31 Å². The molecule has 2 aromatic carbocycles. The zero-order valence-electron chi connectivity index (χ0n) is 11.4. The van der Waals surface area contributed by atoms with Crippen LogP contribution >= 0.6 is 39.3 Å². The smallest absolute Gasteiger partial charge is 0.207 e. The highest BCUT2D eigenvalue weighted by Crippen LogP contribution is 2.41. The second kappa shape index (κ2) is 6.53. The van der Waals surface area contributed by atoms with Crippen molar-refractivity contribution in [3.05, 3.63) is 63.6 Å². The zero-order valence-corrected chi connectivity index (χ0v) is 15.4. The molecule has 0 saturated carbocycles. The van der Waals surface area contributed by atoms with Gasteiger partial charge in [0.25, 0.3) is 0 Å². The molecular formula is C15H13BrClNO2S2. The Morgan fingerprint density at radius 1 is 1.09 bits per heavy atom. The summed E-state index contributed by atoms with van der Waals surface area (Å²) in [6.45, 7) is 0.510.